The highest BCUT2D eigenvalue weighted by Crippen LogP contribution is 2.25. The molecule has 186 valence electrons. The third kappa shape index (κ3) is 5.63. The van der Waals surface area contributed by atoms with Crippen LogP contribution in [-0.4, -0.2) is 36.3 Å². The van der Waals surface area contributed by atoms with E-state index in [0.717, 1.165) is 41.6 Å². The third-order valence-corrected chi connectivity index (χ3v) is 9.19. The van der Waals surface area contributed by atoms with Crippen LogP contribution in [0.3, 0.4) is 0 Å². The van der Waals surface area contributed by atoms with Gasteiger partial charge >= 0.3 is 0 Å². The number of aromatic nitrogens is 1. The van der Waals surface area contributed by atoms with E-state index in [-0.39, 0.29) is 17.3 Å². The molecule has 1 atom stereocenters. The van der Waals surface area contributed by atoms with Crippen molar-refractivity contribution in [3.05, 3.63) is 71.3 Å². The van der Waals surface area contributed by atoms with Crippen LogP contribution in [0.5, 0.6) is 0 Å². The third-order valence-electron chi connectivity index (χ3n) is 6.27. The number of benzene rings is 2. The topological polar surface area (TPSA) is 71.7 Å². The number of aryl methyl sites for hydroxylation is 1. The lowest BCUT2D eigenvalue weighted by Crippen LogP contribution is -2.42. The molecule has 1 amide bonds. The Balaban J connectivity index is 1.61. The number of carbonyl (C=O) groups is 1. The first-order valence-corrected chi connectivity index (χ1v) is 14.2. The molecule has 6 nitrogen and oxygen atoms in total. The summed E-state index contributed by atoms with van der Waals surface area (Å²) in [6.07, 6.45) is 6.18. The lowest BCUT2D eigenvalue weighted by Gasteiger charge is -2.30. The van der Waals surface area contributed by atoms with Gasteiger partial charge in [0, 0.05) is 19.6 Å². The maximum atomic E-state index is 13.3. The van der Waals surface area contributed by atoms with Gasteiger partial charge in [-0.1, -0.05) is 36.8 Å². The van der Waals surface area contributed by atoms with E-state index in [0.29, 0.717) is 30.7 Å². The van der Waals surface area contributed by atoms with Crippen LogP contribution in [0.2, 0.25) is 0 Å². The first-order valence-electron chi connectivity index (χ1n) is 11.9. The van der Waals surface area contributed by atoms with Gasteiger partial charge < -0.3 is 4.57 Å². The van der Waals surface area contributed by atoms with Crippen LogP contribution in [0.1, 0.15) is 38.2 Å². The molecule has 4 rings (SSSR count). The second kappa shape index (κ2) is 11.0. The Morgan fingerprint density at radius 3 is 2.74 bits per heavy atom. The highest BCUT2D eigenvalue weighted by Gasteiger charge is 2.33. The van der Waals surface area contributed by atoms with Crippen molar-refractivity contribution in [1.29, 1.82) is 0 Å². The summed E-state index contributed by atoms with van der Waals surface area (Å²) >= 11 is 1.47. The average Bonchev–Trinajstić information content (AvgIpc) is 3.19. The van der Waals surface area contributed by atoms with Crippen molar-refractivity contribution in [2.24, 2.45) is 10.9 Å². The maximum absolute atomic E-state index is 13.3. The Labute approximate surface area is 209 Å². The average molecular weight is 516 g/mol. The van der Waals surface area contributed by atoms with Gasteiger partial charge in [-0.3, -0.25) is 4.79 Å². The predicted molar refractivity (Wildman–Crippen MR) is 137 cm³/mol. The predicted octanol–water partition coefficient (Wildman–Crippen LogP) is 4.90. The summed E-state index contributed by atoms with van der Waals surface area (Å²) < 4.78 is 43.7. The summed E-state index contributed by atoms with van der Waals surface area (Å²) in [5.41, 5.74) is 2.27. The van der Waals surface area contributed by atoms with Gasteiger partial charge in [0.1, 0.15) is 5.82 Å². The molecule has 1 aliphatic rings. The molecule has 3 aromatic rings. The Kier molecular flexibility index (Phi) is 7.98. The van der Waals surface area contributed by atoms with Crippen LogP contribution >= 0.6 is 11.3 Å². The molecule has 1 unspecified atom stereocenters. The largest absolute Gasteiger partial charge is 0.313 e. The second-order valence-electron chi connectivity index (χ2n) is 8.80. The smallest absolute Gasteiger partial charge is 0.252 e. The number of allylic oxidation sites excluding steroid dienone is 1. The molecule has 0 radical (unpaired) electrons. The van der Waals surface area contributed by atoms with E-state index in [1.54, 1.807) is 6.08 Å². The number of nitrogens with zero attached hydrogens (tertiary/aromatic N) is 3. The Morgan fingerprint density at radius 1 is 1.26 bits per heavy atom. The maximum Gasteiger partial charge on any atom is 0.252 e. The molecule has 1 aromatic heterocycles. The fourth-order valence-corrected chi connectivity index (χ4v) is 6.98. The molecule has 1 fully saturated rings. The number of sulfonamides is 1. The molecule has 2 heterocycles. The van der Waals surface area contributed by atoms with Crippen LogP contribution in [0.4, 0.5) is 4.39 Å². The highest BCUT2D eigenvalue weighted by atomic mass is 32.2. The Hall–Kier alpha value is -2.62. The van der Waals surface area contributed by atoms with Gasteiger partial charge in [0.15, 0.2) is 4.80 Å². The summed E-state index contributed by atoms with van der Waals surface area (Å²) in [6.45, 7) is 6.92. The number of halogens is 1. The normalized spacial score (nSPS) is 17.7. The summed E-state index contributed by atoms with van der Waals surface area (Å²) in [5, 5.41) is 0. The lowest BCUT2D eigenvalue weighted by molar-refractivity contribution is -0.122. The van der Waals surface area contributed by atoms with Crippen molar-refractivity contribution in [2.45, 2.75) is 50.5 Å². The quantitative estimate of drug-likeness (QED) is 0.401. The zero-order chi connectivity index (χ0) is 25.0. The van der Waals surface area contributed by atoms with Crippen LogP contribution in [0, 0.1) is 11.7 Å². The summed E-state index contributed by atoms with van der Waals surface area (Å²) in [6, 6.07) is 11.1. The molecule has 0 spiro atoms. The minimum atomic E-state index is -3.81. The van der Waals surface area contributed by atoms with Crippen LogP contribution < -0.4 is 4.80 Å². The first kappa shape index (κ1) is 25.5. The fourth-order valence-electron chi connectivity index (χ4n) is 4.35. The van der Waals surface area contributed by atoms with E-state index in [4.69, 9.17) is 0 Å². The zero-order valence-electron chi connectivity index (χ0n) is 19.8. The molecule has 1 aliphatic heterocycles. The van der Waals surface area contributed by atoms with Crippen molar-refractivity contribution in [2.75, 3.05) is 13.1 Å². The molecule has 9 heteroatoms. The van der Waals surface area contributed by atoms with E-state index < -0.39 is 21.8 Å². The van der Waals surface area contributed by atoms with E-state index in [9.17, 15) is 17.6 Å². The van der Waals surface area contributed by atoms with Crippen molar-refractivity contribution >= 4 is 37.5 Å². The molecule has 0 N–H and O–H groups in total. The van der Waals surface area contributed by atoms with E-state index in [2.05, 4.69) is 36.7 Å². The number of unbranched alkanes of at least 4 members (excludes halogenated alkanes) is 1. The number of rotatable bonds is 8. The minimum absolute atomic E-state index is 0.0242. The number of piperidine rings is 1. The van der Waals surface area contributed by atoms with Gasteiger partial charge in [-0.25, -0.2) is 12.8 Å². The van der Waals surface area contributed by atoms with E-state index >= 15 is 0 Å². The van der Waals surface area contributed by atoms with Crippen molar-refractivity contribution in [1.82, 2.24) is 8.87 Å². The number of fused-ring (bicyclic) bond motifs is 1. The molecule has 2 aromatic carbocycles. The first-order chi connectivity index (χ1) is 16.8. The van der Waals surface area contributed by atoms with Gasteiger partial charge in [0.05, 0.1) is 21.0 Å². The number of thiazole rings is 1. The molecular weight excluding hydrogens is 485 g/mol. The van der Waals surface area contributed by atoms with Gasteiger partial charge in [-0.15, -0.1) is 6.58 Å². The van der Waals surface area contributed by atoms with Gasteiger partial charge in [-0.2, -0.15) is 9.30 Å². The van der Waals surface area contributed by atoms with Gasteiger partial charge in [-0.05, 0) is 67.6 Å². The number of carbonyl (C=O) groups excluding carboxylic acids is 1. The fraction of sp³-hybridized carbons (Fsp3) is 0.385. The van der Waals surface area contributed by atoms with Gasteiger partial charge in [0.25, 0.3) is 5.91 Å². The van der Waals surface area contributed by atoms with E-state index in [1.807, 2.05) is 4.57 Å². The lowest BCUT2D eigenvalue weighted by atomic mass is 9.99. The number of amides is 1. The second-order valence-corrected chi connectivity index (χ2v) is 11.7. The number of hydrogen-bond acceptors (Lipinski definition) is 4. The molecule has 0 saturated carbocycles. The molecule has 1 saturated heterocycles. The molecular formula is C26H30FN3O3S2. The molecule has 0 aliphatic carbocycles. The van der Waals surface area contributed by atoms with Crippen LogP contribution in [-0.2, 0) is 27.8 Å². The van der Waals surface area contributed by atoms with Crippen molar-refractivity contribution in [3.8, 4) is 0 Å². The Bertz CT molecular complexity index is 1390. The summed E-state index contributed by atoms with van der Waals surface area (Å²) in [5.74, 6) is -1.34. The molecule has 35 heavy (non-hydrogen) atoms. The summed E-state index contributed by atoms with van der Waals surface area (Å²) in [7, 11) is -3.81. The van der Waals surface area contributed by atoms with Crippen molar-refractivity contribution < 1.29 is 17.6 Å². The van der Waals surface area contributed by atoms with Crippen LogP contribution in [0.25, 0.3) is 10.2 Å². The van der Waals surface area contributed by atoms with Crippen molar-refractivity contribution in [3.63, 3.8) is 0 Å². The standard InChI is InChI=1S/C26H30FN3O3S2/c1-3-5-7-19-9-14-23-24(17-19)34-26(30(23)15-4-2)28-25(31)20-8-6-16-29(18-20)35(32,33)22-12-10-21(27)11-13-22/h4,9-14,17,20H,2-3,5-8,15-16,18H2,1H3. The molecule has 0 bridgehead atoms. The number of hydrogen-bond donors (Lipinski definition) is 0. The summed E-state index contributed by atoms with van der Waals surface area (Å²) in [4.78, 5) is 18.3. The Morgan fingerprint density at radius 2 is 2.03 bits per heavy atom. The SMILES string of the molecule is C=CCn1c(=NC(=O)C2CCCN(S(=O)(=O)c3ccc(F)cc3)C2)sc2cc(CCCC)ccc21. The van der Waals surface area contributed by atoms with Gasteiger partial charge in [0.2, 0.25) is 10.0 Å². The minimum Gasteiger partial charge on any atom is -0.313 e. The highest BCUT2D eigenvalue weighted by molar-refractivity contribution is 7.89. The van der Waals surface area contributed by atoms with E-state index in [1.165, 1.54) is 33.3 Å². The zero-order valence-corrected chi connectivity index (χ0v) is 21.5. The monoisotopic (exact) mass is 515 g/mol. The van der Waals surface area contributed by atoms with Crippen LogP contribution in [0.15, 0.2) is 65.0 Å².